The summed E-state index contributed by atoms with van der Waals surface area (Å²) in [5.74, 6) is 0.567. The van der Waals surface area contributed by atoms with Crippen molar-refractivity contribution in [3.8, 4) is 0 Å². The molecule has 1 spiro atoms. The van der Waals surface area contributed by atoms with Crippen LogP contribution in [0, 0.1) is 5.41 Å². The molecule has 0 aromatic heterocycles. The van der Waals surface area contributed by atoms with E-state index in [4.69, 9.17) is 4.74 Å². The minimum Gasteiger partial charge on any atom is -0.378 e. The third kappa shape index (κ3) is 4.67. The second-order valence-electron chi connectivity index (χ2n) is 7.28. The van der Waals surface area contributed by atoms with Crippen LogP contribution < -0.4 is 16.0 Å². The lowest BCUT2D eigenvalue weighted by Gasteiger charge is -2.54. The first-order chi connectivity index (χ1) is 12.6. The Morgan fingerprint density at radius 2 is 2.07 bits per heavy atom. The van der Waals surface area contributed by atoms with Crippen molar-refractivity contribution in [2.75, 3.05) is 32.8 Å². The third-order valence-corrected chi connectivity index (χ3v) is 5.87. The van der Waals surface area contributed by atoms with E-state index >= 15 is 0 Å². The molecule has 3 rings (SSSR count). The molecule has 0 bridgehead atoms. The molecule has 154 valence electrons. The smallest absolute Gasteiger partial charge is 0.324 e. The summed E-state index contributed by atoms with van der Waals surface area (Å²) in [5.41, 5.74) is 0.233. The predicted molar refractivity (Wildman–Crippen MR) is 114 cm³/mol. The number of guanidine groups is 1. The standard InChI is InChI=1S/C18H31N5O3.HI/c1-3-19-16(20-9-10-23-15(24)12-21-17(23)25)22-13-11-14(26-4-2)18(13)7-5-6-8-18;/h13-14H,3-12H2,1-2H3,(H,21,25)(H2,19,20,22);1H. The molecule has 8 nitrogen and oxygen atoms in total. The lowest BCUT2D eigenvalue weighted by molar-refractivity contribution is -0.126. The van der Waals surface area contributed by atoms with E-state index in [9.17, 15) is 9.59 Å². The van der Waals surface area contributed by atoms with Crippen molar-refractivity contribution in [2.45, 2.75) is 58.1 Å². The van der Waals surface area contributed by atoms with E-state index in [1.54, 1.807) is 0 Å². The molecule has 1 aliphatic heterocycles. The van der Waals surface area contributed by atoms with Gasteiger partial charge in [-0.2, -0.15) is 0 Å². The summed E-state index contributed by atoms with van der Waals surface area (Å²) in [6.07, 6.45) is 6.30. The summed E-state index contributed by atoms with van der Waals surface area (Å²) in [4.78, 5) is 29.0. The highest BCUT2D eigenvalue weighted by Crippen LogP contribution is 2.54. The minimum absolute atomic E-state index is 0. The highest BCUT2D eigenvalue weighted by Gasteiger charge is 2.56. The molecule has 0 aromatic carbocycles. The molecule has 27 heavy (non-hydrogen) atoms. The van der Waals surface area contributed by atoms with Crippen LogP contribution in [0.2, 0.25) is 0 Å². The van der Waals surface area contributed by atoms with Crippen LogP contribution in [-0.4, -0.2) is 67.7 Å². The van der Waals surface area contributed by atoms with E-state index in [1.165, 1.54) is 30.6 Å². The van der Waals surface area contributed by atoms with Crippen molar-refractivity contribution >= 4 is 41.9 Å². The van der Waals surface area contributed by atoms with Gasteiger partial charge in [-0.1, -0.05) is 12.8 Å². The predicted octanol–water partition coefficient (Wildman–Crippen LogP) is 1.45. The van der Waals surface area contributed by atoms with Gasteiger partial charge in [0.25, 0.3) is 0 Å². The average molecular weight is 493 g/mol. The van der Waals surface area contributed by atoms with Gasteiger partial charge in [-0.05, 0) is 33.1 Å². The van der Waals surface area contributed by atoms with Crippen LogP contribution in [0.1, 0.15) is 46.0 Å². The normalized spacial score (nSPS) is 26.6. The summed E-state index contributed by atoms with van der Waals surface area (Å²) < 4.78 is 5.97. The molecule has 3 aliphatic rings. The van der Waals surface area contributed by atoms with Crippen molar-refractivity contribution in [3.05, 3.63) is 0 Å². The Morgan fingerprint density at radius 3 is 2.67 bits per heavy atom. The number of aliphatic imine (C=N–C) groups is 1. The van der Waals surface area contributed by atoms with Crippen molar-refractivity contribution in [3.63, 3.8) is 0 Å². The average Bonchev–Trinajstić information content (AvgIpc) is 3.25. The number of nitrogens with one attached hydrogen (secondary N) is 3. The van der Waals surface area contributed by atoms with Gasteiger partial charge in [-0.25, -0.2) is 4.79 Å². The Hall–Kier alpha value is -1.10. The van der Waals surface area contributed by atoms with Crippen molar-refractivity contribution in [2.24, 2.45) is 10.4 Å². The van der Waals surface area contributed by atoms with Crippen molar-refractivity contribution in [1.29, 1.82) is 0 Å². The topological polar surface area (TPSA) is 95.1 Å². The number of imide groups is 1. The number of nitrogens with zero attached hydrogens (tertiary/aromatic N) is 2. The van der Waals surface area contributed by atoms with E-state index in [0.717, 1.165) is 25.5 Å². The number of hydrogen-bond donors (Lipinski definition) is 3. The SMILES string of the molecule is CCNC(=NCCN1C(=O)CNC1=O)NC1CC(OCC)C12CCCC2.I. The number of carbonyl (C=O) groups is 2. The van der Waals surface area contributed by atoms with Gasteiger partial charge in [0.15, 0.2) is 5.96 Å². The lowest BCUT2D eigenvalue weighted by Crippen LogP contribution is -2.65. The molecule has 1 saturated heterocycles. The minimum atomic E-state index is -0.327. The first-order valence-electron chi connectivity index (χ1n) is 9.85. The zero-order chi connectivity index (χ0) is 18.6. The van der Waals surface area contributed by atoms with E-state index in [1.807, 2.05) is 6.92 Å². The molecule has 0 radical (unpaired) electrons. The molecule has 2 saturated carbocycles. The molecular formula is C18H32IN5O3. The molecule has 2 unspecified atom stereocenters. The lowest BCUT2D eigenvalue weighted by atomic mass is 9.60. The van der Waals surface area contributed by atoms with E-state index < -0.39 is 0 Å². The number of hydrogen-bond acceptors (Lipinski definition) is 4. The second kappa shape index (κ2) is 9.90. The fourth-order valence-electron chi connectivity index (χ4n) is 4.52. The van der Waals surface area contributed by atoms with Gasteiger partial charge >= 0.3 is 6.03 Å². The maximum absolute atomic E-state index is 11.6. The molecule has 0 aromatic rings. The Kier molecular flexibility index (Phi) is 8.14. The number of urea groups is 1. The van der Waals surface area contributed by atoms with Crippen LogP contribution in [0.25, 0.3) is 0 Å². The molecule has 1 heterocycles. The first kappa shape index (κ1) is 22.2. The number of amides is 3. The molecule has 3 N–H and O–H groups in total. The molecule has 2 aliphatic carbocycles. The molecule has 2 atom stereocenters. The maximum atomic E-state index is 11.6. The van der Waals surface area contributed by atoms with Crippen LogP contribution in [0.5, 0.6) is 0 Å². The van der Waals surface area contributed by atoms with Gasteiger partial charge in [-0.15, -0.1) is 24.0 Å². The zero-order valence-electron chi connectivity index (χ0n) is 16.3. The molecule has 9 heteroatoms. The van der Waals surface area contributed by atoms with Crippen LogP contribution >= 0.6 is 24.0 Å². The van der Waals surface area contributed by atoms with Crippen LogP contribution in [-0.2, 0) is 9.53 Å². The fraction of sp³-hybridized carbons (Fsp3) is 0.833. The van der Waals surface area contributed by atoms with Gasteiger partial charge in [-0.3, -0.25) is 14.7 Å². The zero-order valence-corrected chi connectivity index (χ0v) is 18.6. The fourth-order valence-corrected chi connectivity index (χ4v) is 4.52. The van der Waals surface area contributed by atoms with Crippen molar-refractivity contribution < 1.29 is 14.3 Å². The Morgan fingerprint density at radius 1 is 1.33 bits per heavy atom. The van der Waals surface area contributed by atoms with E-state index in [-0.39, 0.29) is 47.9 Å². The number of carbonyl (C=O) groups excluding carboxylic acids is 2. The Balaban J connectivity index is 0.00000261. The third-order valence-electron chi connectivity index (χ3n) is 5.87. The van der Waals surface area contributed by atoms with E-state index in [2.05, 4.69) is 27.9 Å². The first-order valence-corrected chi connectivity index (χ1v) is 9.85. The largest absolute Gasteiger partial charge is 0.378 e. The van der Waals surface area contributed by atoms with Gasteiger partial charge in [0, 0.05) is 24.6 Å². The number of ether oxygens (including phenoxy) is 1. The summed E-state index contributed by atoms with van der Waals surface area (Å²) >= 11 is 0. The van der Waals surface area contributed by atoms with Crippen LogP contribution in [0.15, 0.2) is 4.99 Å². The van der Waals surface area contributed by atoms with Gasteiger partial charge < -0.3 is 20.7 Å². The van der Waals surface area contributed by atoms with Gasteiger partial charge in [0.1, 0.15) is 0 Å². The van der Waals surface area contributed by atoms with Crippen molar-refractivity contribution in [1.82, 2.24) is 20.9 Å². The molecular weight excluding hydrogens is 461 g/mol. The van der Waals surface area contributed by atoms with Crippen LogP contribution in [0.4, 0.5) is 4.79 Å². The van der Waals surface area contributed by atoms with E-state index in [0.29, 0.717) is 25.2 Å². The number of rotatable bonds is 7. The summed E-state index contributed by atoms with van der Waals surface area (Å²) in [6.45, 7) is 6.41. The monoisotopic (exact) mass is 493 g/mol. The second-order valence-corrected chi connectivity index (χ2v) is 7.28. The Labute approximate surface area is 178 Å². The highest BCUT2D eigenvalue weighted by molar-refractivity contribution is 14.0. The van der Waals surface area contributed by atoms with Gasteiger partial charge in [0.05, 0.1) is 25.7 Å². The summed E-state index contributed by atoms with van der Waals surface area (Å²) in [7, 11) is 0. The quantitative estimate of drug-likeness (QED) is 0.216. The molecule has 3 fully saturated rings. The number of halogens is 1. The summed E-state index contributed by atoms with van der Waals surface area (Å²) in [6, 6.07) is 0.0442. The highest BCUT2D eigenvalue weighted by atomic mass is 127. The summed E-state index contributed by atoms with van der Waals surface area (Å²) in [5, 5.41) is 9.38. The molecule has 3 amide bonds. The van der Waals surface area contributed by atoms with Gasteiger partial charge in [0.2, 0.25) is 5.91 Å². The Bertz CT molecular complexity index is 549. The van der Waals surface area contributed by atoms with Crippen LogP contribution in [0.3, 0.4) is 0 Å². The maximum Gasteiger partial charge on any atom is 0.324 e.